The maximum absolute atomic E-state index is 11.4. The maximum atomic E-state index is 11.4. The fraction of sp³-hybridized carbons (Fsp3) is 0.0769. The summed E-state index contributed by atoms with van der Waals surface area (Å²) in [4.78, 5) is -0.0770. The number of hydrogen-bond acceptors (Lipinski definition) is 2. The fourth-order valence-corrected chi connectivity index (χ4v) is 3.35. The van der Waals surface area contributed by atoms with Crippen LogP contribution in [0.5, 0.6) is 0 Å². The van der Waals surface area contributed by atoms with Gasteiger partial charge in [0, 0.05) is 17.0 Å². The van der Waals surface area contributed by atoms with Gasteiger partial charge in [-0.3, -0.25) is 4.55 Å². The molecule has 18 heavy (non-hydrogen) atoms. The van der Waals surface area contributed by atoms with E-state index >= 15 is 0 Å². The highest BCUT2D eigenvalue weighted by atomic mass is 35.5. The Morgan fingerprint density at radius 1 is 1.11 bits per heavy atom. The predicted molar refractivity (Wildman–Crippen MR) is 69.5 cm³/mol. The molecule has 2 aromatic carbocycles. The zero-order chi connectivity index (χ0) is 12.9. The summed E-state index contributed by atoms with van der Waals surface area (Å²) >= 11 is 6.11. The van der Waals surface area contributed by atoms with Crippen molar-refractivity contribution in [2.45, 2.75) is 11.3 Å². The lowest BCUT2D eigenvalue weighted by Gasteiger charge is -2.08. The first-order valence-corrected chi connectivity index (χ1v) is 7.17. The van der Waals surface area contributed by atoms with Gasteiger partial charge in [-0.1, -0.05) is 35.9 Å². The van der Waals surface area contributed by atoms with E-state index in [1.165, 1.54) is 12.1 Å². The lowest BCUT2D eigenvalue weighted by atomic mass is 10.1. The second-order valence-corrected chi connectivity index (χ2v) is 6.01. The van der Waals surface area contributed by atoms with Crippen LogP contribution >= 0.6 is 11.6 Å². The van der Waals surface area contributed by atoms with Gasteiger partial charge in [0.1, 0.15) is 4.90 Å². The largest absolute Gasteiger partial charge is 0.295 e. The van der Waals surface area contributed by atoms with Crippen molar-refractivity contribution in [3.8, 4) is 11.1 Å². The molecular formula is C13H9ClO3S. The van der Waals surface area contributed by atoms with Crippen LogP contribution in [0.2, 0.25) is 5.02 Å². The molecule has 0 aromatic heterocycles. The fourth-order valence-electron chi connectivity index (χ4n) is 2.39. The predicted octanol–water partition coefficient (Wildman–Crippen LogP) is 3.16. The van der Waals surface area contributed by atoms with Crippen LogP contribution in [0.4, 0.5) is 0 Å². The molecule has 0 unspecified atom stereocenters. The number of fused-ring (bicyclic) bond motifs is 3. The average Bonchev–Trinajstić information content (AvgIpc) is 2.68. The summed E-state index contributed by atoms with van der Waals surface area (Å²) in [6.45, 7) is 0. The zero-order valence-corrected chi connectivity index (χ0v) is 10.8. The van der Waals surface area contributed by atoms with Crippen LogP contribution in [0.25, 0.3) is 11.1 Å². The molecule has 0 heterocycles. The highest BCUT2D eigenvalue weighted by Gasteiger charge is 2.27. The number of hydrogen-bond donors (Lipinski definition) is 1. The normalized spacial score (nSPS) is 13.2. The first kappa shape index (κ1) is 11.7. The van der Waals surface area contributed by atoms with Crippen LogP contribution < -0.4 is 0 Å². The Kier molecular flexibility index (Phi) is 2.48. The van der Waals surface area contributed by atoms with E-state index in [0.29, 0.717) is 17.0 Å². The summed E-state index contributed by atoms with van der Waals surface area (Å²) in [5, 5.41) is 0.522. The van der Waals surface area contributed by atoms with E-state index in [-0.39, 0.29) is 4.90 Å². The number of rotatable bonds is 1. The van der Waals surface area contributed by atoms with Gasteiger partial charge in [0.2, 0.25) is 0 Å². The Hall–Kier alpha value is -1.36. The van der Waals surface area contributed by atoms with Crippen LogP contribution in [0.3, 0.4) is 0 Å². The Labute approximate surface area is 110 Å². The van der Waals surface area contributed by atoms with Gasteiger partial charge in [0.25, 0.3) is 10.1 Å². The molecular weight excluding hydrogens is 272 g/mol. The minimum Gasteiger partial charge on any atom is -0.282 e. The lowest BCUT2D eigenvalue weighted by molar-refractivity contribution is 0.483. The molecule has 2 aromatic rings. The zero-order valence-electron chi connectivity index (χ0n) is 9.22. The van der Waals surface area contributed by atoms with Crippen molar-refractivity contribution < 1.29 is 13.0 Å². The summed E-state index contributed by atoms with van der Waals surface area (Å²) in [6.07, 6.45) is 0.591. The van der Waals surface area contributed by atoms with Crippen LogP contribution in [-0.2, 0) is 16.5 Å². The molecule has 0 atom stereocenters. The summed E-state index contributed by atoms with van der Waals surface area (Å²) in [5.41, 5.74) is 3.13. The third-order valence-electron chi connectivity index (χ3n) is 3.15. The molecule has 5 heteroatoms. The molecule has 0 spiro atoms. The molecule has 0 saturated heterocycles. The Balaban J connectivity index is 2.42. The SMILES string of the molecule is O=S(=O)(O)c1ccc(Cl)c2c1-c1ccccc1C2. The van der Waals surface area contributed by atoms with E-state index in [4.69, 9.17) is 11.6 Å². The third kappa shape index (κ3) is 1.65. The van der Waals surface area contributed by atoms with Gasteiger partial charge in [0.05, 0.1) is 0 Å². The standard InChI is InChI=1S/C13H9ClO3S/c14-11-5-6-12(18(15,16)17)13-9-4-2-1-3-8(9)7-10(11)13/h1-6H,7H2,(H,15,16,17). The number of benzene rings is 2. The Bertz CT molecular complexity index is 751. The van der Waals surface area contributed by atoms with Crippen molar-refractivity contribution >= 4 is 21.7 Å². The van der Waals surface area contributed by atoms with E-state index in [0.717, 1.165) is 16.7 Å². The van der Waals surface area contributed by atoms with E-state index < -0.39 is 10.1 Å². The van der Waals surface area contributed by atoms with Gasteiger partial charge in [-0.25, -0.2) is 0 Å². The maximum Gasteiger partial charge on any atom is 0.295 e. The van der Waals surface area contributed by atoms with E-state index in [2.05, 4.69) is 0 Å². The van der Waals surface area contributed by atoms with Crippen molar-refractivity contribution in [3.63, 3.8) is 0 Å². The molecule has 0 amide bonds. The van der Waals surface area contributed by atoms with Crippen molar-refractivity contribution in [2.75, 3.05) is 0 Å². The molecule has 1 aliphatic carbocycles. The molecule has 1 aliphatic rings. The summed E-state index contributed by atoms with van der Waals surface area (Å²) in [5.74, 6) is 0. The lowest BCUT2D eigenvalue weighted by Crippen LogP contribution is -2.01. The quantitative estimate of drug-likeness (QED) is 0.697. The average molecular weight is 281 g/mol. The minimum atomic E-state index is -4.25. The first-order valence-electron chi connectivity index (χ1n) is 5.35. The molecule has 0 fully saturated rings. The van der Waals surface area contributed by atoms with Crippen molar-refractivity contribution in [1.29, 1.82) is 0 Å². The molecule has 0 saturated carbocycles. The van der Waals surface area contributed by atoms with E-state index in [9.17, 15) is 13.0 Å². The smallest absolute Gasteiger partial charge is 0.282 e. The third-order valence-corrected chi connectivity index (χ3v) is 4.40. The van der Waals surface area contributed by atoms with Crippen LogP contribution in [0, 0.1) is 0 Å². The van der Waals surface area contributed by atoms with Crippen molar-refractivity contribution in [2.24, 2.45) is 0 Å². The van der Waals surface area contributed by atoms with Gasteiger partial charge in [-0.15, -0.1) is 0 Å². The van der Waals surface area contributed by atoms with E-state index in [1.54, 1.807) is 0 Å². The molecule has 0 aliphatic heterocycles. The molecule has 0 bridgehead atoms. The molecule has 3 rings (SSSR count). The highest BCUT2D eigenvalue weighted by Crippen LogP contribution is 2.43. The summed E-state index contributed by atoms with van der Waals surface area (Å²) in [7, 11) is -4.25. The number of halogens is 1. The Morgan fingerprint density at radius 2 is 1.83 bits per heavy atom. The summed E-state index contributed by atoms with van der Waals surface area (Å²) < 4.78 is 32.2. The highest BCUT2D eigenvalue weighted by molar-refractivity contribution is 7.86. The van der Waals surface area contributed by atoms with Gasteiger partial charge in [0.15, 0.2) is 0 Å². The molecule has 3 nitrogen and oxygen atoms in total. The van der Waals surface area contributed by atoms with Gasteiger partial charge >= 0.3 is 0 Å². The second-order valence-electron chi connectivity index (χ2n) is 4.21. The molecule has 92 valence electrons. The molecule has 0 radical (unpaired) electrons. The minimum absolute atomic E-state index is 0.0770. The van der Waals surface area contributed by atoms with E-state index in [1.807, 2.05) is 24.3 Å². The van der Waals surface area contributed by atoms with Crippen LogP contribution in [-0.4, -0.2) is 13.0 Å². The van der Waals surface area contributed by atoms with Crippen LogP contribution in [0.1, 0.15) is 11.1 Å². The first-order chi connectivity index (χ1) is 8.48. The molecule has 1 N–H and O–H groups in total. The van der Waals surface area contributed by atoms with Crippen molar-refractivity contribution in [1.82, 2.24) is 0 Å². The van der Waals surface area contributed by atoms with Gasteiger partial charge in [-0.05, 0) is 28.8 Å². The summed E-state index contributed by atoms with van der Waals surface area (Å²) in [6, 6.07) is 10.4. The monoisotopic (exact) mass is 280 g/mol. The van der Waals surface area contributed by atoms with Gasteiger partial charge in [-0.2, -0.15) is 8.42 Å². The second kappa shape index (κ2) is 3.82. The van der Waals surface area contributed by atoms with Crippen molar-refractivity contribution in [3.05, 3.63) is 52.5 Å². The van der Waals surface area contributed by atoms with Crippen LogP contribution in [0.15, 0.2) is 41.3 Å². The van der Waals surface area contributed by atoms with Gasteiger partial charge < -0.3 is 0 Å². The Morgan fingerprint density at radius 3 is 2.56 bits per heavy atom. The topological polar surface area (TPSA) is 54.4 Å².